The first kappa shape index (κ1) is 17.1. The summed E-state index contributed by atoms with van der Waals surface area (Å²) in [7, 11) is 0. The fourth-order valence-corrected chi connectivity index (χ4v) is 4.41. The molecule has 3 aromatic rings. The molecule has 0 spiro atoms. The number of aromatic nitrogens is 2. The molecule has 2 aromatic heterocycles. The number of carbonyl (C=O) groups is 1. The third kappa shape index (κ3) is 2.98. The van der Waals surface area contributed by atoms with E-state index in [1.165, 1.54) is 17.4 Å². The third-order valence-electron chi connectivity index (χ3n) is 4.86. The van der Waals surface area contributed by atoms with E-state index in [-0.39, 0.29) is 11.7 Å². The van der Waals surface area contributed by atoms with Crippen LogP contribution in [0.3, 0.4) is 0 Å². The van der Waals surface area contributed by atoms with Crippen LogP contribution in [0.25, 0.3) is 10.2 Å². The summed E-state index contributed by atoms with van der Waals surface area (Å²) in [6.07, 6.45) is 2.28. The number of fused-ring (bicyclic) bond motifs is 1. The number of halogens is 1. The summed E-state index contributed by atoms with van der Waals surface area (Å²) in [6.45, 7) is 5.68. The molecule has 4 rings (SSSR count). The highest BCUT2D eigenvalue weighted by atomic mass is 32.1. The van der Waals surface area contributed by atoms with Gasteiger partial charge in [-0.25, -0.2) is 14.4 Å². The topological polar surface area (TPSA) is 54.9 Å². The molecule has 0 aliphatic heterocycles. The molecule has 0 bridgehead atoms. The normalized spacial score (nSPS) is 15.2. The van der Waals surface area contributed by atoms with Gasteiger partial charge < -0.3 is 5.32 Å². The highest BCUT2D eigenvalue weighted by Crippen LogP contribution is 2.40. The monoisotopic (exact) mass is 369 g/mol. The maximum Gasteiger partial charge on any atom is 0.262 e. The summed E-state index contributed by atoms with van der Waals surface area (Å²) in [6, 6.07) is 6.09. The summed E-state index contributed by atoms with van der Waals surface area (Å²) >= 11 is 1.39. The number of hydrogen-bond donors (Lipinski definition) is 1. The number of hydrogen-bond acceptors (Lipinski definition) is 4. The van der Waals surface area contributed by atoms with Crippen LogP contribution >= 0.6 is 11.3 Å². The number of nitrogens with one attached hydrogen (secondary N) is 1. The van der Waals surface area contributed by atoms with Crippen molar-refractivity contribution >= 4 is 27.5 Å². The van der Waals surface area contributed by atoms with Gasteiger partial charge >= 0.3 is 0 Å². The predicted molar refractivity (Wildman–Crippen MR) is 101 cm³/mol. The molecule has 1 aromatic carbocycles. The standard InChI is InChI=1S/C20H20FN3OS/c1-10-16-12(3)22-18(13-8-9-13)24-20(16)26-17(10)19(25)23-11(2)14-6-4-5-7-15(14)21/h4-7,11,13H,8-9H2,1-3H3,(H,23,25)/t11-/m1/s1. The smallest absolute Gasteiger partial charge is 0.262 e. The highest BCUT2D eigenvalue weighted by molar-refractivity contribution is 7.20. The minimum Gasteiger partial charge on any atom is -0.345 e. The van der Waals surface area contributed by atoms with Crippen molar-refractivity contribution in [3.63, 3.8) is 0 Å². The molecule has 6 heteroatoms. The molecule has 1 N–H and O–H groups in total. The minimum absolute atomic E-state index is 0.200. The Labute approximate surface area is 155 Å². The fourth-order valence-electron chi connectivity index (χ4n) is 3.27. The van der Waals surface area contributed by atoms with Gasteiger partial charge in [-0.2, -0.15) is 0 Å². The Morgan fingerprint density at radius 1 is 1.27 bits per heavy atom. The Balaban J connectivity index is 1.65. The number of thiophene rings is 1. The van der Waals surface area contributed by atoms with Gasteiger partial charge in [0.15, 0.2) is 0 Å². The van der Waals surface area contributed by atoms with Crippen molar-refractivity contribution in [2.45, 2.75) is 45.6 Å². The average Bonchev–Trinajstić information content (AvgIpc) is 3.39. The maximum atomic E-state index is 14.0. The molecule has 1 aliphatic rings. The van der Waals surface area contributed by atoms with Crippen LogP contribution in [0, 0.1) is 19.7 Å². The fraction of sp³-hybridized carbons (Fsp3) is 0.350. The van der Waals surface area contributed by atoms with Gasteiger partial charge in [0.05, 0.1) is 16.6 Å². The van der Waals surface area contributed by atoms with Crippen LogP contribution in [0.2, 0.25) is 0 Å². The van der Waals surface area contributed by atoms with Gasteiger partial charge in [-0.15, -0.1) is 11.3 Å². The second-order valence-corrected chi connectivity index (χ2v) is 7.89. The van der Waals surface area contributed by atoms with Crippen molar-refractivity contribution in [1.29, 1.82) is 0 Å². The van der Waals surface area contributed by atoms with Crippen molar-refractivity contribution in [3.8, 4) is 0 Å². The van der Waals surface area contributed by atoms with Crippen LogP contribution in [-0.2, 0) is 0 Å². The Morgan fingerprint density at radius 3 is 2.69 bits per heavy atom. The lowest BCUT2D eigenvalue weighted by molar-refractivity contribution is 0.0943. The van der Waals surface area contributed by atoms with Crippen molar-refractivity contribution in [3.05, 3.63) is 57.6 Å². The van der Waals surface area contributed by atoms with E-state index >= 15 is 0 Å². The van der Waals surface area contributed by atoms with Gasteiger partial charge in [-0.1, -0.05) is 18.2 Å². The molecular formula is C20H20FN3OS. The van der Waals surface area contributed by atoms with E-state index in [9.17, 15) is 9.18 Å². The summed E-state index contributed by atoms with van der Waals surface area (Å²) in [5, 5.41) is 3.87. The average molecular weight is 369 g/mol. The lowest BCUT2D eigenvalue weighted by Gasteiger charge is -2.14. The number of nitrogens with zero attached hydrogens (tertiary/aromatic N) is 2. The Hall–Kier alpha value is -2.34. The van der Waals surface area contributed by atoms with Gasteiger partial charge in [0.2, 0.25) is 0 Å². The van der Waals surface area contributed by atoms with Gasteiger partial charge in [-0.05, 0) is 45.2 Å². The molecule has 0 saturated heterocycles. The van der Waals surface area contributed by atoms with Crippen molar-refractivity contribution in [1.82, 2.24) is 15.3 Å². The Morgan fingerprint density at radius 2 is 2.00 bits per heavy atom. The van der Waals surface area contributed by atoms with Gasteiger partial charge in [0.1, 0.15) is 16.5 Å². The first-order chi connectivity index (χ1) is 12.5. The molecule has 1 aliphatic carbocycles. The van der Waals surface area contributed by atoms with E-state index in [0.717, 1.165) is 40.1 Å². The van der Waals surface area contributed by atoms with E-state index in [2.05, 4.69) is 15.3 Å². The SMILES string of the molecule is Cc1nc(C2CC2)nc2sc(C(=O)N[C@H](C)c3ccccc3F)c(C)c12. The van der Waals surface area contributed by atoms with E-state index in [4.69, 9.17) is 0 Å². The second-order valence-electron chi connectivity index (χ2n) is 6.89. The first-order valence-electron chi connectivity index (χ1n) is 8.78. The molecule has 4 nitrogen and oxygen atoms in total. The van der Waals surface area contributed by atoms with Crippen LogP contribution in [0.5, 0.6) is 0 Å². The Kier molecular flexibility index (Phi) is 4.23. The lowest BCUT2D eigenvalue weighted by atomic mass is 10.1. The van der Waals surface area contributed by atoms with E-state index in [1.54, 1.807) is 25.1 Å². The van der Waals surface area contributed by atoms with E-state index < -0.39 is 6.04 Å². The minimum atomic E-state index is -0.414. The summed E-state index contributed by atoms with van der Waals surface area (Å²) in [5.74, 6) is 0.847. The largest absolute Gasteiger partial charge is 0.345 e. The quantitative estimate of drug-likeness (QED) is 0.718. The van der Waals surface area contributed by atoms with E-state index in [1.807, 2.05) is 13.8 Å². The molecule has 0 radical (unpaired) electrons. The maximum absolute atomic E-state index is 14.0. The summed E-state index contributed by atoms with van der Waals surface area (Å²) in [5.41, 5.74) is 2.29. The van der Waals surface area contributed by atoms with Crippen molar-refractivity contribution < 1.29 is 9.18 Å². The van der Waals surface area contributed by atoms with Crippen LogP contribution in [-0.4, -0.2) is 15.9 Å². The lowest BCUT2D eigenvalue weighted by Crippen LogP contribution is -2.27. The highest BCUT2D eigenvalue weighted by Gasteiger charge is 2.28. The van der Waals surface area contributed by atoms with Crippen LogP contribution in [0.4, 0.5) is 4.39 Å². The molecule has 1 atom stereocenters. The summed E-state index contributed by atoms with van der Waals surface area (Å²) < 4.78 is 14.0. The van der Waals surface area contributed by atoms with Gasteiger partial charge in [0.25, 0.3) is 5.91 Å². The van der Waals surface area contributed by atoms with Crippen molar-refractivity contribution in [2.24, 2.45) is 0 Å². The van der Waals surface area contributed by atoms with Gasteiger partial charge in [-0.3, -0.25) is 4.79 Å². The van der Waals surface area contributed by atoms with Gasteiger partial charge in [0, 0.05) is 16.9 Å². The van der Waals surface area contributed by atoms with E-state index in [0.29, 0.717) is 16.4 Å². The van der Waals surface area contributed by atoms with Crippen molar-refractivity contribution in [2.75, 3.05) is 0 Å². The Bertz CT molecular complexity index is 1010. The summed E-state index contributed by atoms with van der Waals surface area (Å²) in [4.78, 5) is 23.6. The zero-order chi connectivity index (χ0) is 18.4. The number of carbonyl (C=O) groups excluding carboxylic acids is 1. The molecule has 1 fully saturated rings. The number of amides is 1. The molecule has 1 saturated carbocycles. The zero-order valence-corrected chi connectivity index (χ0v) is 15.8. The molecular weight excluding hydrogens is 349 g/mol. The second kappa shape index (κ2) is 6.43. The zero-order valence-electron chi connectivity index (χ0n) is 15.0. The van der Waals surface area contributed by atoms with Crippen LogP contribution in [0.15, 0.2) is 24.3 Å². The number of aryl methyl sites for hydroxylation is 2. The van der Waals surface area contributed by atoms with Crippen LogP contribution in [0.1, 0.15) is 64.0 Å². The first-order valence-corrected chi connectivity index (χ1v) is 9.60. The molecule has 26 heavy (non-hydrogen) atoms. The number of benzene rings is 1. The molecule has 0 unspecified atom stereocenters. The molecule has 2 heterocycles. The van der Waals surface area contributed by atoms with Crippen LogP contribution < -0.4 is 5.32 Å². The molecule has 134 valence electrons. The number of rotatable bonds is 4. The predicted octanol–water partition coefficient (Wildman–Crippen LogP) is 4.82. The molecule has 1 amide bonds. The third-order valence-corrected chi connectivity index (χ3v) is 6.04.